The van der Waals surface area contributed by atoms with E-state index in [4.69, 9.17) is 5.11 Å². The second kappa shape index (κ2) is 5.28. The number of hydrogen-bond acceptors (Lipinski definition) is 3. The number of carbonyl (C=O) groups is 1. The summed E-state index contributed by atoms with van der Waals surface area (Å²) in [6.45, 7) is 5.24. The summed E-state index contributed by atoms with van der Waals surface area (Å²) in [5.74, 6) is -1.04. The smallest absolute Gasteiger partial charge is 0.321 e. The minimum absolute atomic E-state index is 0.173. The zero-order valence-electron chi connectivity index (χ0n) is 8.44. The summed E-state index contributed by atoms with van der Waals surface area (Å²) in [5.41, 5.74) is 0. The van der Waals surface area contributed by atoms with Gasteiger partial charge >= 0.3 is 5.97 Å². The van der Waals surface area contributed by atoms with Gasteiger partial charge in [0.1, 0.15) is 6.04 Å². The van der Waals surface area contributed by atoms with Crippen LogP contribution in [0.2, 0.25) is 0 Å². The van der Waals surface area contributed by atoms with E-state index in [2.05, 4.69) is 4.72 Å². The molecule has 0 heterocycles. The Morgan fingerprint density at radius 1 is 1.36 bits per heavy atom. The van der Waals surface area contributed by atoms with Crippen LogP contribution in [-0.4, -0.2) is 32.1 Å². The van der Waals surface area contributed by atoms with Gasteiger partial charge in [-0.1, -0.05) is 13.8 Å². The van der Waals surface area contributed by atoms with E-state index in [1.54, 1.807) is 0 Å². The molecule has 0 unspecified atom stereocenters. The molecule has 0 rings (SSSR count). The molecule has 0 aliphatic heterocycles. The summed E-state index contributed by atoms with van der Waals surface area (Å²) in [4.78, 5) is 10.4. The molecule has 0 radical (unpaired) electrons. The SMILES string of the molecule is CC(C)CNS(=O)(=O)N[C@H](C)C(=O)O. The first-order valence-electron chi connectivity index (χ1n) is 4.24. The zero-order chi connectivity index (χ0) is 11.4. The van der Waals surface area contributed by atoms with Gasteiger partial charge in [-0.2, -0.15) is 13.1 Å². The zero-order valence-corrected chi connectivity index (χ0v) is 9.26. The van der Waals surface area contributed by atoms with Gasteiger partial charge in [0, 0.05) is 6.54 Å². The summed E-state index contributed by atoms with van der Waals surface area (Å²) in [6, 6.07) is -1.13. The van der Waals surface area contributed by atoms with E-state index < -0.39 is 22.2 Å². The van der Waals surface area contributed by atoms with Gasteiger partial charge in [-0.25, -0.2) is 4.72 Å². The molecule has 0 aliphatic carbocycles. The van der Waals surface area contributed by atoms with Crippen LogP contribution in [0.15, 0.2) is 0 Å². The van der Waals surface area contributed by atoms with Gasteiger partial charge in [0.15, 0.2) is 0 Å². The van der Waals surface area contributed by atoms with Crippen LogP contribution in [-0.2, 0) is 15.0 Å². The molecular weight excluding hydrogens is 208 g/mol. The quantitative estimate of drug-likeness (QED) is 0.569. The van der Waals surface area contributed by atoms with E-state index in [1.165, 1.54) is 6.92 Å². The number of hydrogen-bond donors (Lipinski definition) is 3. The lowest BCUT2D eigenvalue weighted by molar-refractivity contribution is -0.138. The molecule has 0 bridgehead atoms. The molecule has 0 aliphatic rings. The molecule has 0 aromatic heterocycles. The molecule has 0 spiro atoms. The molecule has 7 heteroatoms. The minimum Gasteiger partial charge on any atom is -0.480 e. The van der Waals surface area contributed by atoms with Crippen molar-refractivity contribution >= 4 is 16.2 Å². The van der Waals surface area contributed by atoms with Crippen molar-refractivity contribution in [2.24, 2.45) is 5.92 Å². The van der Waals surface area contributed by atoms with Crippen LogP contribution in [0.5, 0.6) is 0 Å². The molecule has 1 atom stereocenters. The maximum absolute atomic E-state index is 11.2. The molecule has 0 aromatic carbocycles. The maximum Gasteiger partial charge on any atom is 0.321 e. The monoisotopic (exact) mass is 224 g/mol. The normalized spacial score (nSPS) is 14.3. The summed E-state index contributed by atoms with van der Waals surface area (Å²) < 4.78 is 26.5. The largest absolute Gasteiger partial charge is 0.480 e. The van der Waals surface area contributed by atoms with Gasteiger partial charge < -0.3 is 5.11 Å². The molecular formula is C7H16N2O4S. The highest BCUT2D eigenvalue weighted by molar-refractivity contribution is 7.87. The Kier molecular flexibility index (Phi) is 5.03. The van der Waals surface area contributed by atoms with Gasteiger partial charge in [0.05, 0.1) is 0 Å². The third-order valence-corrected chi connectivity index (χ3v) is 2.59. The van der Waals surface area contributed by atoms with Gasteiger partial charge in [-0.15, -0.1) is 0 Å². The summed E-state index contributed by atoms with van der Waals surface area (Å²) >= 11 is 0. The van der Waals surface area contributed by atoms with Gasteiger partial charge in [0.25, 0.3) is 10.2 Å². The standard InChI is InChI=1S/C7H16N2O4S/c1-5(2)4-8-14(12,13)9-6(3)7(10)11/h5-6,8-9H,4H2,1-3H3,(H,10,11)/t6-/m1/s1. The van der Waals surface area contributed by atoms with Crippen LogP contribution in [0.25, 0.3) is 0 Å². The summed E-state index contributed by atoms with van der Waals surface area (Å²) in [5, 5.41) is 8.47. The molecule has 0 amide bonds. The van der Waals surface area contributed by atoms with Crippen LogP contribution < -0.4 is 9.44 Å². The number of nitrogens with one attached hydrogen (secondary N) is 2. The van der Waals surface area contributed by atoms with Crippen LogP contribution in [0.4, 0.5) is 0 Å². The molecule has 0 aromatic rings. The topological polar surface area (TPSA) is 95.5 Å². The molecule has 84 valence electrons. The van der Waals surface area contributed by atoms with E-state index in [-0.39, 0.29) is 12.5 Å². The molecule has 3 N–H and O–H groups in total. The van der Waals surface area contributed by atoms with Crippen molar-refractivity contribution < 1.29 is 18.3 Å². The van der Waals surface area contributed by atoms with Crippen LogP contribution in [0.3, 0.4) is 0 Å². The third kappa shape index (κ3) is 5.90. The highest BCUT2D eigenvalue weighted by Crippen LogP contribution is 1.91. The molecule has 0 saturated heterocycles. The minimum atomic E-state index is -3.70. The lowest BCUT2D eigenvalue weighted by Crippen LogP contribution is -2.45. The molecule has 6 nitrogen and oxygen atoms in total. The highest BCUT2D eigenvalue weighted by Gasteiger charge is 2.18. The fourth-order valence-corrected chi connectivity index (χ4v) is 1.80. The lowest BCUT2D eigenvalue weighted by Gasteiger charge is -2.12. The number of carboxylic acids is 1. The second-order valence-electron chi connectivity index (χ2n) is 3.42. The first-order valence-corrected chi connectivity index (χ1v) is 5.72. The van der Waals surface area contributed by atoms with E-state index in [0.29, 0.717) is 0 Å². The fourth-order valence-electron chi connectivity index (χ4n) is 0.601. The number of aliphatic carboxylic acids is 1. The predicted molar refractivity (Wildman–Crippen MR) is 52.0 cm³/mol. The van der Waals surface area contributed by atoms with E-state index in [1.807, 2.05) is 18.6 Å². The van der Waals surface area contributed by atoms with Crippen molar-refractivity contribution in [3.8, 4) is 0 Å². The van der Waals surface area contributed by atoms with Crippen molar-refractivity contribution in [1.82, 2.24) is 9.44 Å². The Morgan fingerprint density at radius 3 is 2.21 bits per heavy atom. The Labute approximate surface area is 83.9 Å². The van der Waals surface area contributed by atoms with Crippen molar-refractivity contribution in [1.29, 1.82) is 0 Å². The molecule has 0 fully saturated rings. The Hall–Kier alpha value is -0.660. The first-order chi connectivity index (χ1) is 6.24. The Bertz CT molecular complexity index is 286. The Balaban J connectivity index is 4.15. The highest BCUT2D eigenvalue weighted by atomic mass is 32.2. The van der Waals surface area contributed by atoms with E-state index in [0.717, 1.165) is 0 Å². The summed E-state index contributed by atoms with van der Waals surface area (Å²) in [7, 11) is -3.70. The Morgan fingerprint density at radius 2 is 1.86 bits per heavy atom. The van der Waals surface area contributed by atoms with Crippen molar-refractivity contribution in [2.45, 2.75) is 26.8 Å². The van der Waals surface area contributed by atoms with Gasteiger partial charge in [-0.05, 0) is 12.8 Å². The van der Waals surface area contributed by atoms with E-state index >= 15 is 0 Å². The molecule has 14 heavy (non-hydrogen) atoms. The average molecular weight is 224 g/mol. The van der Waals surface area contributed by atoms with Gasteiger partial charge in [0.2, 0.25) is 0 Å². The van der Waals surface area contributed by atoms with Crippen molar-refractivity contribution in [3.63, 3.8) is 0 Å². The fraction of sp³-hybridized carbons (Fsp3) is 0.857. The lowest BCUT2D eigenvalue weighted by atomic mass is 10.2. The number of rotatable bonds is 6. The average Bonchev–Trinajstić information content (AvgIpc) is 2.00. The predicted octanol–water partition coefficient (Wildman–Crippen LogP) is -0.460. The summed E-state index contributed by atoms with van der Waals surface area (Å²) in [6.07, 6.45) is 0. The second-order valence-corrected chi connectivity index (χ2v) is 4.95. The first kappa shape index (κ1) is 13.3. The van der Waals surface area contributed by atoms with E-state index in [9.17, 15) is 13.2 Å². The third-order valence-electron chi connectivity index (χ3n) is 1.38. The maximum atomic E-state index is 11.2. The molecule has 0 saturated carbocycles. The number of carboxylic acid groups (broad SMARTS) is 1. The van der Waals surface area contributed by atoms with Crippen molar-refractivity contribution in [2.75, 3.05) is 6.54 Å². The van der Waals surface area contributed by atoms with Crippen LogP contribution >= 0.6 is 0 Å². The van der Waals surface area contributed by atoms with Crippen LogP contribution in [0.1, 0.15) is 20.8 Å². The van der Waals surface area contributed by atoms with Crippen LogP contribution in [0, 0.1) is 5.92 Å². The van der Waals surface area contributed by atoms with Gasteiger partial charge in [-0.3, -0.25) is 4.79 Å². The van der Waals surface area contributed by atoms with Crippen molar-refractivity contribution in [3.05, 3.63) is 0 Å².